The Kier molecular flexibility index (Phi) is 10.8. The first-order chi connectivity index (χ1) is 17.6. The van der Waals surface area contributed by atoms with Gasteiger partial charge in [0.2, 0.25) is 5.88 Å². The number of halogens is 6. The number of hydrogen-bond donors (Lipinski definition) is 2. The molecule has 2 N–H and O–H groups in total. The Balaban J connectivity index is 0.000000301. The molecule has 38 heavy (non-hydrogen) atoms. The fourth-order valence-corrected chi connectivity index (χ4v) is 4.56. The Hall–Kier alpha value is -2.98. The van der Waals surface area contributed by atoms with Crippen molar-refractivity contribution in [3.8, 4) is 5.88 Å². The molecule has 2 saturated heterocycles. The molecule has 1 spiro atoms. The first-order valence-electron chi connectivity index (χ1n) is 11.0. The summed E-state index contributed by atoms with van der Waals surface area (Å²) < 4.78 is 75.7. The summed E-state index contributed by atoms with van der Waals surface area (Å²) >= 11 is 1.75. The Labute approximate surface area is 217 Å². The molecule has 0 aliphatic carbocycles. The van der Waals surface area contributed by atoms with E-state index in [1.54, 1.807) is 17.5 Å². The molecule has 2 atom stereocenters. The van der Waals surface area contributed by atoms with Crippen molar-refractivity contribution in [2.45, 2.75) is 56.8 Å². The summed E-state index contributed by atoms with van der Waals surface area (Å²) in [6, 6.07) is 5.76. The van der Waals surface area contributed by atoms with Crippen LogP contribution in [0, 0.1) is 6.92 Å². The van der Waals surface area contributed by atoms with Gasteiger partial charge >= 0.3 is 24.3 Å². The van der Waals surface area contributed by atoms with E-state index in [9.17, 15) is 26.3 Å². The highest BCUT2D eigenvalue weighted by Gasteiger charge is 2.44. The summed E-state index contributed by atoms with van der Waals surface area (Å²) in [5.41, 5.74) is 1.05. The zero-order valence-corrected chi connectivity index (χ0v) is 20.8. The first kappa shape index (κ1) is 31.2. The maximum absolute atomic E-state index is 10.6. The Morgan fingerprint density at radius 3 is 2.32 bits per heavy atom. The summed E-state index contributed by atoms with van der Waals surface area (Å²) in [7, 11) is 0. The van der Waals surface area contributed by atoms with Gasteiger partial charge in [0.05, 0.1) is 18.8 Å². The van der Waals surface area contributed by atoms with Gasteiger partial charge < -0.3 is 19.7 Å². The third-order valence-corrected chi connectivity index (χ3v) is 6.18. The molecule has 2 aromatic heterocycles. The van der Waals surface area contributed by atoms with Gasteiger partial charge in [0.15, 0.2) is 0 Å². The van der Waals surface area contributed by atoms with Gasteiger partial charge in [-0.2, -0.15) is 26.3 Å². The van der Waals surface area contributed by atoms with Crippen LogP contribution in [0.5, 0.6) is 5.88 Å². The Morgan fingerprint density at radius 1 is 1.18 bits per heavy atom. The molecular formula is C22H25F6N3O6S. The fourth-order valence-electron chi connectivity index (χ4n) is 3.74. The predicted octanol–water partition coefficient (Wildman–Crippen LogP) is 4.32. The van der Waals surface area contributed by atoms with Crippen molar-refractivity contribution >= 4 is 23.3 Å². The minimum atomic E-state index is -5.08. The van der Waals surface area contributed by atoms with E-state index in [1.165, 1.54) is 11.4 Å². The Bertz CT molecular complexity index is 1030. The molecule has 9 nitrogen and oxygen atoms in total. The van der Waals surface area contributed by atoms with Crippen LogP contribution in [0.2, 0.25) is 0 Å². The molecule has 2 aliphatic heterocycles. The molecule has 0 bridgehead atoms. The lowest BCUT2D eigenvalue weighted by molar-refractivity contribution is -0.193. The number of likely N-dealkylation sites (tertiary alicyclic amines) is 1. The molecule has 2 aliphatic rings. The lowest BCUT2D eigenvalue weighted by atomic mass is 9.89. The summed E-state index contributed by atoms with van der Waals surface area (Å²) in [5.74, 6) is -4.82. The topological polar surface area (TPSA) is 122 Å². The molecule has 0 aromatic carbocycles. The number of carboxylic acid groups (broad SMARTS) is 2. The van der Waals surface area contributed by atoms with Crippen molar-refractivity contribution in [2.24, 2.45) is 0 Å². The quantitative estimate of drug-likeness (QED) is 0.515. The maximum atomic E-state index is 10.6. The third kappa shape index (κ3) is 10.4. The van der Waals surface area contributed by atoms with Gasteiger partial charge in [-0.15, -0.1) is 11.3 Å². The zero-order chi connectivity index (χ0) is 28.6. The standard InChI is InChI=1S/C18H23N3O2S.2C2HF3O2/c1-14-12-24-17(20-14)10-21-8-4-6-18(13-21)9-15(11-22-18)23-16-5-2-3-7-19-16;2*3-2(4,5)1(6)7/h2-3,5,7,12,15H,4,6,8-11,13H2,1H3;2*(H,6,7)/t15-,18+;;/m1../s1. The number of piperidine rings is 1. The molecule has 0 saturated carbocycles. The number of aromatic nitrogens is 2. The van der Waals surface area contributed by atoms with E-state index in [2.05, 4.69) is 27.2 Å². The lowest BCUT2D eigenvalue weighted by Crippen LogP contribution is -2.47. The van der Waals surface area contributed by atoms with Crippen molar-refractivity contribution in [2.75, 3.05) is 19.7 Å². The van der Waals surface area contributed by atoms with E-state index in [-0.39, 0.29) is 11.7 Å². The van der Waals surface area contributed by atoms with Crippen LogP contribution in [0.3, 0.4) is 0 Å². The number of nitrogens with zero attached hydrogens (tertiary/aromatic N) is 3. The van der Waals surface area contributed by atoms with Gasteiger partial charge in [-0.1, -0.05) is 6.07 Å². The van der Waals surface area contributed by atoms with Gasteiger partial charge in [-0.05, 0) is 32.4 Å². The number of aryl methyl sites for hydroxylation is 1. The molecule has 2 fully saturated rings. The van der Waals surface area contributed by atoms with Crippen LogP contribution in [-0.4, -0.2) is 80.8 Å². The third-order valence-electron chi connectivity index (χ3n) is 5.23. The fraction of sp³-hybridized carbons (Fsp3) is 0.545. The number of aliphatic carboxylic acids is 2. The van der Waals surface area contributed by atoms with Crippen molar-refractivity contribution in [3.63, 3.8) is 0 Å². The van der Waals surface area contributed by atoms with Gasteiger partial charge in [0.1, 0.15) is 11.1 Å². The molecule has 16 heteroatoms. The van der Waals surface area contributed by atoms with Gasteiger partial charge in [-0.3, -0.25) is 4.90 Å². The van der Waals surface area contributed by atoms with E-state index >= 15 is 0 Å². The number of ether oxygens (including phenoxy) is 2. The van der Waals surface area contributed by atoms with E-state index in [0.29, 0.717) is 12.5 Å². The summed E-state index contributed by atoms with van der Waals surface area (Å²) in [4.78, 5) is 29.1. The SMILES string of the molecule is Cc1csc(CN2CCC[C@]3(C[C@@H](Oc4ccccn4)CO3)C2)n1.O=C(O)C(F)(F)F.O=C(O)C(F)(F)F. The second-order valence-corrected chi connectivity index (χ2v) is 9.35. The Morgan fingerprint density at radius 2 is 1.82 bits per heavy atom. The molecular weight excluding hydrogens is 548 g/mol. The number of carboxylic acids is 2. The van der Waals surface area contributed by atoms with Crippen LogP contribution in [0.25, 0.3) is 0 Å². The van der Waals surface area contributed by atoms with Gasteiger partial charge in [-0.25, -0.2) is 19.6 Å². The highest BCUT2D eigenvalue weighted by atomic mass is 32.1. The van der Waals surface area contributed by atoms with E-state index in [4.69, 9.17) is 29.3 Å². The largest absolute Gasteiger partial charge is 0.490 e. The highest BCUT2D eigenvalue weighted by Crippen LogP contribution is 2.36. The second kappa shape index (κ2) is 13.2. The minimum Gasteiger partial charge on any atom is -0.475 e. The number of pyridine rings is 1. The molecule has 4 heterocycles. The monoisotopic (exact) mass is 573 g/mol. The van der Waals surface area contributed by atoms with Crippen molar-refractivity contribution in [3.05, 3.63) is 40.5 Å². The van der Waals surface area contributed by atoms with Gasteiger partial charge in [0.25, 0.3) is 0 Å². The number of thiazole rings is 1. The smallest absolute Gasteiger partial charge is 0.475 e. The number of carbonyl (C=O) groups is 2. The van der Waals surface area contributed by atoms with Crippen LogP contribution >= 0.6 is 11.3 Å². The second-order valence-electron chi connectivity index (χ2n) is 8.41. The summed E-state index contributed by atoms with van der Waals surface area (Å²) in [6.45, 7) is 5.72. The minimum absolute atomic E-state index is 0.0655. The molecule has 2 aromatic rings. The predicted molar refractivity (Wildman–Crippen MR) is 121 cm³/mol. The van der Waals surface area contributed by atoms with Gasteiger partial charge in [0, 0.05) is 36.3 Å². The van der Waals surface area contributed by atoms with Crippen LogP contribution in [0.15, 0.2) is 29.8 Å². The van der Waals surface area contributed by atoms with Crippen molar-refractivity contribution < 1.29 is 55.6 Å². The zero-order valence-electron chi connectivity index (χ0n) is 20.0. The van der Waals surface area contributed by atoms with E-state index < -0.39 is 24.3 Å². The van der Waals surface area contributed by atoms with E-state index in [0.717, 1.165) is 38.2 Å². The number of rotatable bonds is 4. The number of alkyl halides is 6. The molecule has 0 radical (unpaired) electrons. The first-order valence-corrected chi connectivity index (χ1v) is 11.9. The maximum Gasteiger partial charge on any atom is 0.490 e. The molecule has 0 unspecified atom stereocenters. The average molecular weight is 574 g/mol. The normalized spacial score (nSPS) is 21.6. The van der Waals surface area contributed by atoms with Crippen LogP contribution in [-0.2, 0) is 20.9 Å². The molecule has 212 valence electrons. The lowest BCUT2D eigenvalue weighted by Gasteiger charge is -2.39. The van der Waals surface area contributed by atoms with Crippen molar-refractivity contribution in [1.82, 2.24) is 14.9 Å². The summed E-state index contributed by atoms with van der Waals surface area (Å²) in [6.07, 6.45) is -5.08. The number of hydrogen-bond acceptors (Lipinski definition) is 8. The molecule has 4 rings (SSSR count). The molecule has 0 amide bonds. The van der Waals surface area contributed by atoms with Crippen LogP contribution in [0.4, 0.5) is 26.3 Å². The van der Waals surface area contributed by atoms with Crippen LogP contribution < -0.4 is 4.74 Å². The van der Waals surface area contributed by atoms with E-state index in [1.807, 2.05) is 18.2 Å². The summed E-state index contributed by atoms with van der Waals surface area (Å²) in [5, 5.41) is 17.6. The van der Waals surface area contributed by atoms with Crippen LogP contribution in [0.1, 0.15) is 30.0 Å². The highest BCUT2D eigenvalue weighted by molar-refractivity contribution is 7.09. The van der Waals surface area contributed by atoms with Crippen molar-refractivity contribution in [1.29, 1.82) is 0 Å². The average Bonchev–Trinajstić information content (AvgIpc) is 3.39.